The number of anilines is 1. The summed E-state index contributed by atoms with van der Waals surface area (Å²) < 4.78 is 2.15. The standard InChI is InChI=1S/C17H19N5/c1-14-10-19-17(20-11-14)21(2)13-16-18-8-9-22(16)12-15-6-4-3-5-7-15/h3-11H,12-13H2,1-2H3. The van der Waals surface area contributed by atoms with Crippen LogP contribution in [0.3, 0.4) is 0 Å². The minimum atomic E-state index is 0.670. The van der Waals surface area contributed by atoms with Crippen molar-refractivity contribution in [3.8, 4) is 0 Å². The van der Waals surface area contributed by atoms with Crippen LogP contribution in [0.25, 0.3) is 0 Å². The summed E-state index contributed by atoms with van der Waals surface area (Å²) >= 11 is 0. The van der Waals surface area contributed by atoms with Gasteiger partial charge < -0.3 is 9.47 Å². The van der Waals surface area contributed by atoms with Gasteiger partial charge in [-0.25, -0.2) is 15.0 Å². The van der Waals surface area contributed by atoms with Gasteiger partial charge in [-0.3, -0.25) is 0 Å². The first kappa shape index (κ1) is 14.3. The zero-order valence-electron chi connectivity index (χ0n) is 12.8. The van der Waals surface area contributed by atoms with Crippen LogP contribution >= 0.6 is 0 Å². The van der Waals surface area contributed by atoms with Gasteiger partial charge in [0.2, 0.25) is 5.95 Å². The van der Waals surface area contributed by atoms with Crippen molar-refractivity contribution in [3.63, 3.8) is 0 Å². The van der Waals surface area contributed by atoms with E-state index >= 15 is 0 Å². The van der Waals surface area contributed by atoms with Gasteiger partial charge in [-0.05, 0) is 18.1 Å². The summed E-state index contributed by atoms with van der Waals surface area (Å²) in [6.45, 7) is 3.47. The summed E-state index contributed by atoms with van der Waals surface area (Å²) in [5.41, 5.74) is 2.32. The average molecular weight is 293 g/mol. The summed E-state index contributed by atoms with van der Waals surface area (Å²) in [6, 6.07) is 10.4. The molecule has 0 N–H and O–H groups in total. The van der Waals surface area contributed by atoms with E-state index in [9.17, 15) is 0 Å². The number of aromatic nitrogens is 4. The topological polar surface area (TPSA) is 46.8 Å². The molecule has 112 valence electrons. The molecule has 3 rings (SSSR count). The van der Waals surface area contributed by atoms with Crippen molar-refractivity contribution in [2.45, 2.75) is 20.0 Å². The van der Waals surface area contributed by atoms with Gasteiger partial charge in [0, 0.05) is 38.4 Å². The molecule has 5 nitrogen and oxygen atoms in total. The van der Waals surface area contributed by atoms with E-state index in [0.717, 1.165) is 17.9 Å². The molecule has 0 aliphatic rings. The lowest BCUT2D eigenvalue weighted by atomic mass is 10.2. The van der Waals surface area contributed by atoms with Gasteiger partial charge in [0.25, 0.3) is 0 Å². The van der Waals surface area contributed by atoms with Crippen LogP contribution in [0.5, 0.6) is 0 Å². The third kappa shape index (κ3) is 3.31. The molecule has 0 atom stereocenters. The maximum Gasteiger partial charge on any atom is 0.225 e. The van der Waals surface area contributed by atoms with Crippen molar-refractivity contribution in [3.05, 3.63) is 72.1 Å². The molecular formula is C17H19N5. The minimum absolute atomic E-state index is 0.670. The molecule has 0 unspecified atom stereocenters. The van der Waals surface area contributed by atoms with Crippen molar-refractivity contribution in [2.75, 3.05) is 11.9 Å². The predicted molar refractivity (Wildman–Crippen MR) is 86.6 cm³/mol. The third-order valence-corrected chi connectivity index (χ3v) is 3.48. The molecule has 22 heavy (non-hydrogen) atoms. The Balaban J connectivity index is 1.73. The molecule has 0 saturated carbocycles. The normalized spacial score (nSPS) is 10.6. The molecule has 5 heteroatoms. The third-order valence-electron chi connectivity index (χ3n) is 3.48. The Morgan fingerprint density at radius 3 is 2.50 bits per heavy atom. The minimum Gasteiger partial charge on any atom is -0.336 e. The molecule has 0 fully saturated rings. The van der Waals surface area contributed by atoms with E-state index in [1.807, 2.05) is 49.7 Å². The van der Waals surface area contributed by atoms with E-state index in [4.69, 9.17) is 0 Å². The van der Waals surface area contributed by atoms with Gasteiger partial charge in [-0.1, -0.05) is 30.3 Å². The molecule has 0 bridgehead atoms. The number of rotatable bonds is 5. The van der Waals surface area contributed by atoms with Crippen LogP contribution in [0.15, 0.2) is 55.1 Å². The number of aryl methyl sites for hydroxylation is 1. The number of hydrogen-bond acceptors (Lipinski definition) is 4. The predicted octanol–water partition coefficient (Wildman–Crippen LogP) is 2.67. The highest BCUT2D eigenvalue weighted by Gasteiger charge is 2.09. The molecule has 0 spiro atoms. The van der Waals surface area contributed by atoms with E-state index in [2.05, 4.69) is 43.8 Å². The van der Waals surface area contributed by atoms with Crippen LogP contribution in [0.1, 0.15) is 17.0 Å². The average Bonchev–Trinajstić information content (AvgIpc) is 2.96. The van der Waals surface area contributed by atoms with Crippen LogP contribution < -0.4 is 4.90 Å². The summed E-state index contributed by atoms with van der Waals surface area (Å²) in [6.07, 6.45) is 7.50. The van der Waals surface area contributed by atoms with E-state index in [-0.39, 0.29) is 0 Å². The Bertz CT molecular complexity index is 718. The highest BCUT2D eigenvalue weighted by atomic mass is 15.2. The summed E-state index contributed by atoms with van der Waals surface area (Å²) in [5, 5.41) is 0. The molecule has 0 amide bonds. The smallest absolute Gasteiger partial charge is 0.225 e. The highest BCUT2D eigenvalue weighted by molar-refractivity contribution is 5.28. The van der Waals surface area contributed by atoms with Gasteiger partial charge in [0.15, 0.2) is 0 Å². The van der Waals surface area contributed by atoms with E-state index in [1.165, 1.54) is 5.56 Å². The van der Waals surface area contributed by atoms with Crippen LogP contribution in [-0.2, 0) is 13.1 Å². The molecule has 3 aromatic rings. The largest absolute Gasteiger partial charge is 0.336 e. The first-order valence-electron chi connectivity index (χ1n) is 7.26. The zero-order chi connectivity index (χ0) is 15.4. The van der Waals surface area contributed by atoms with Crippen LogP contribution in [-0.4, -0.2) is 26.6 Å². The fraction of sp³-hybridized carbons (Fsp3) is 0.235. The monoisotopic (exact) mass is 293 g/mol. The lowest BCUT2D eigenvalue weighted by molar-refractivity contribution is 0.699. The maximum atomic E-state index is 4.46. The quantitative estimate of drug-likeness (QED) is 0.725. The lowest BCUT2D eigenvalue weighted by Crippen LogP contribution is -2.22. The first-order chi connectivity index (χ1) is 10.7. The summed E-state index contributed by atoms with van der Waals surface area (Å²) in [5.74, 6) is 1.70. The number of hydrogen-bond donors (Lipinski definition) is 0. The summed E-state index contributed by atoms with van der Waals surface area (Å²) in [7, 11) is 1.98. The van der Waals surface area contributed by atoms with E-state index < -0.39 is 0 Å². The van der Waals surface area contributed by atoms with Gasteiger partial charge in [-0.2, -0.15) is 0 Å². The Morgan fingerprint density at radius 1 is 1.05 bits per heavy atom. The molecule has 0 radical (unpaired) electrons. The second kappa shape index (κ2) is 6.39. The number of nitrogens with zero attached hydrogens (tertiary/aromatic N) is 5. The maximum absolute atomic E-state index is 4.46. The molecule has 0 saturated heterocycles. The zero-order valence-corrected chi connectivity index (χ0v) is 12.8. The van der Waals surface area contributed by atoms with Crippen LogP contribution in [0, 0.1) is 6.92 Å². The lowest BCUT2D eigenvalue weighted by Gasteiger charge is -2.17. The number of imidazole rings is 1. The van der Waals surface area contributed by atoms with Crippen molar-refractivity contribution in [1.29, 1.82) is 0 Å². The molecule has 0 aliphatic carbocycles. The van der Waals surface area contributed by atoms with Crippen LogP contribution in [0.2, 0.25) is 0 Å². The van der Waals surface area contributed by atoms with Gasteiger partial charge >= 0.3 is 0 Å². The fourth-order valence-electron chi connectivity index (χ4n) is 2.28. The molecular weight excluding hydrogens is 274 g/mol. The Morgan fingerprint density at radius 2 is 1.77 bits per heavy atom. The van der Waals surface area contributed by atoms with Gasteiger partial charge in [0.1, 0.15) is 5.82 Å². The second-order valence-electron chi connectivity index (χ2n) is 5.37. The van der Waals surface area contributed by atoms with Crippen LogP contribution in [0.4, 0.5) is 5.95 Å². The molecule has 2 aromatic heterocycles. The SMILES string of the molecule is Cc1cnc(N(C)Cc2nccn2Cc2ccccc2)nc1. The Hall–Kier alpha value is -2.69. The van der Waals surface area contributed by atoms with Gasteiger partial charge in [0.05, 0.1) is 6.54 Å². The Labute approximate surface area is 130 Å². The van der Waals surface area contributed by atoms with Gasteiger partial charge in [-0.15, -0.1) is 0 Å². The first-order valence-corrected chi connectivity index (χ1v) is 7.26. The Kier molecular flexibility index (Phi) is 4.14. The highest BCUT2D eigenvalue weighted by Crippen LogP contribution is 2.11. The number of benzene rings is 1. The van der Waals surface area contributed by atoms with Crippen molar-refractivity contribution in [1.82, 2.24) is 19.5 Å². The van der Waals surface area contributed by atoms with E-state index in [1.54, 1.807) is 0 Å². The van der Waals surface area contributed by atoms with E-state index in [0.29, 0.717) is 12.5 Å². The molecule has 1 aromatic carbocycles. The second-order valence-corrected chi connectivity index (χ2v) is 5.37. The van der Waals surface area contributed by atoms with Crippen molar-refractivity contribution in [2.24, 2.45) is 0 Å². The molecule has 0 aliphatic heterocycles. The molecule has 2 heterocycles. The van der Waals surface area contributed by atoms with Crippen molar-refractivity contribution >= 4 is 5.95 Å². The van der Waals surface area contributed by atoms with Crippen molar-refractivity contribution < 1.29 is 0 Å². The fourth-order valence-corrected chi connectivity index (χ4v) is 2.28. The summed E-state index contributed by atoms with van der Waals surface area (Å²) in [4.78, 5) is 15.2.